The van der Waals surface area contributed by atoms with E-state index in [1.807, 2.05) is 12.1 Å². The molecule has 0 heterocycles. The van der Waals surface area contributed by atoms with Crippen LogP contribution in [-0.4, -0.2) is 6.04 Å². The third kappa shape index (κ3) is 3.70. The van der Waals surface area contributed by atoms with Gasteiger partial charge in [-0.3, -0.25) is 0 Å². The minimum Gasteiger partial charge on any atom is -0.310 e. The van der Waals surface area contributed by atoms with Gasteiger partial charge in [0.25, 0.3) is 0 Å². The topological polar surface area (TPSA) is 12.0 Å². The fraction of sp³-hybridized carbons (Fsp3) is 0.571. The largest absolute Gasteiger partial charge is 0.310 e. The predicted molar refractivity (Wildman–Crippen MR) is 77.4 cm³/mol. The number of hydrogen-bond acceptors (Lipinski definition) is 1. The highest BCUT2D eigenvalue weighted by Gasteiger charge is 2.30. The molecular formula is C14H19BrClN. The zero-order valence-electron chi connectivity index (χ0n) is 10.4. The first-order chi connectivity index (χ1) is 7.96. The third-order valence-electron chi connectivity index (χ3n) is 3.56. The second-order valence-electron chi connectivity index (χ2n) is 5.72. The van der Waals surface area contributed by atoms with Gasteiger partial charge in [0.1, 0.15) is 0 Å². The van der Waals surface area contributed by atoms with Crippen LogP contribution in [0.4, 0.5) is 0 Å². The maximum absolute atomic E-state index is 5.93. The summed E-state index contributed by atoms with van der Waals surface area (Å²) in [6.45, 7) is 5.62. The highest BCUT2D eigenvalue weighted by Crippen LogP contribution is 2.37. The van der Waals surface area contributed by atoms with Crippen molar-refractivity contribution in [2.75, 3.05) is 0 Å². The normalized spacial score (nSPS) is 22.9. The molecule has 0 aromatic heterocycles. The van der Waals surface area contributed by atoms with Crippen LogP contribution in [0, 0.1) is 5.41 Å². The SMILES string of the molecule is CC1(C)CCC(NCc2ccc(Cl)cc2Br)C1. The van der Waals surface area contributed by atoms with Gasteiger partial charge in [0.15, 0.2) is 0 Å². The fourth-order valence-corrected chi connectivity index (χ4v) is 3.35. The molecule has 1 aliphatic rings. The van der Waals surface area contributed by atoms with Gasteiger partial charge in [-0.05, 0) is 42.4 Å². The molecular weight excluding hydrogens is 298 g/mol. The van der Waals surface area contributed by atoms with Crippen molar-refractivity contribution in [3.8, 4) is 0 Å². The van der Waals surface area contributed by atoms with Crippen molar-refractivity contribution in [3.63, 3.8) is 0 Å². The molecule has 0 spiro atoms. The van der Waals surface area contributed by atoms with Crippen LogP contribution in [0.25, 0.3) is 0 Å². The Hall–Kier alpha value is -0.0500. The van der Waals surface area contributed by atoms with E-state index in [1.54, 1.807) is 0 Å². The van der Waals surface area contributed by atoms with Crippen LogP contribution in [0.1, 0.15) is 38.7 Å². The van der Waals surface area contributed by atoms with Gasteiger partial charge in [0.05, 0.1) is 0 Å². The summed E-state index contributed by atoms with van der Waals surface area (Å²) < 4.78 is 1.09. The Morgan fingerprint density at radius 3 is 2.82 bits per heavy atom. The monoisotopic (exact) mass is 315 g/mol. The molecule has 1 aromatic carbocycles. The van der Waals surface area contributed by atoms with Crippen molar-refractivity contribution in [1.29, 1.82) is 0 Å². The highest BCUT2D eigenvalue weighted by atomic mass is 79.9. The minimum absolute atomic E-state index is 0.509. The van der Waals surface area contributed by atoms with Crippen LogP contribution < -0.4 is 5.32 Å². The Morgan fingerprint density at radius 1 is 1.47 bits per heavy atom. The molecule has 2 rings (SSSR count). The summed E-state index contributed by atoms with van der Waals surface area (Å²) in [5.74, 6) is 0. The average molecular weight is 317 g/mol. The maximum atomic E-state index is 5.93. The number of rotatable bonds is 3. The van der Waals surface area contributed by atoms with Crippen molar-refractivity contribution < 1.29 is 0 Å². The molecule has 0 saturated heterocycles. The van der Waals surface area contributed by atoms with E-state index in [0.29, 0.717) is 11.5 Å². The van der Waals surface area contributed by atoms with Crippen molar-refractivity contribution in [2.24, 2.45) is 5.41 Å². The Kier molecular flexibility index (Phi) is 4.17. The molecule has 3 heteroatoms. The van der Waals surface area contributed by atoms with Crippen molar-refractivity contribution in [2.45, 2.75) is 45.7 Å². The first-order valence-corrected chi connectivity index (χ1v) is 7.31. The average Bonchev–Trinajstić information content (AvgIpc) is 2.57. The molecule has 1 N–H and O–H groups in total. The standard InChI is InChI=1S/C14H19BrClN/c1-14(2)6-5-12(8-14)17-9-10-3-4-11(16)7-13(10)15/h3-4,7,12,17H,5-6,8-9H2,1-2H3. The Bertz CT molecular complexity index is 403. The Labute approximate surface area is 117 Å². The summed E-state index contributed by atoms with van der Waals surface area (Å²) in [6, 6.07) is 6.64. The predicted octanol–water partition coefficient (Wildman–Crippen LogP) is 4.77. The van der Waals surface area contributed by atoms with Crippen molar-refractivity contribution in [3.05, 3.63) is 33.3 Å². The molecule has 1 unspecified atom stereocenters. The lowest BCUT2D eigenvalue weighted by Crippen LogP contribution is -2.26. The van der Waals surface area contributed by atoms with Crippen LogP contribution in [0.3, 0.4) is 0 Å². The first kappa shape index (κ1) is 13.4. The van der Waals surface area contributed by atoms with E-state index < -0.39 is 0 Å². The molecule has 0 bridgehead atoms. The zero-order chi connectivity index (χ0) is 12.5. The van der Waals surface area contributed by atoms with Crippen LogP contribution in [0.15, 0.2) is 22.7 Å². The number of benzene rings is 1. The van der Waals surface area contributed by atoms with Crippen LogP contribution in [0.5, 0.6) is 0 Å². The summed E-state index contributed by atoms with van der Waals surface area (Å²) in [5.41, 5.74) is 1.79. The second-order valence-corrected chi connectivity index (χ2v) is 7.01. The summed E-state index contributed by atoms with van der Waals surface area (Å²) in [5, 5.41) is 4.42. The Morgan fingerprint density at radius 2 is 2.24 bits per heavy atom. The summed E-state index contributed by atoms with van der Waals surface area (Å²) in [7, 11) is 0. The quantitative estimate of drug-likeness (QED) is 0.847. The number of nitrogens with one attached hydrogen (secondary N) is 1. The lowest BCUT2D eigenvalue weighted by molar-refractivity contribution is 0.364. The summed E-state index contributed by atoms with van der Waals surface area (Å²) in [4.78, 5) is 0. The van der Waals surface area contributed by atoms with Gasteiger partial charge < -0.3 is 5.32 Å². The van der Waals surface area contributed by atoms with E-state index in [1.165, 1.54) is 24.8 Å². The molecule has 94 valence electrons. The molecule has 1 saturated carbocycles. The minimum atomic E-state index is 0.509. The van der Waals surface area contributed by atoms with Crippen LogP contribution >= 0.6 is 27.5 Å². The van der Waals surface area contributed by atoms with Gasteiger partial charge in [-0.15, -0.1) is 0 Å². The van der Waals surface area contributed by atoms with E-state index in [2.05, 4.69) is 41.2 Å². The molecule has 0 radical (unpaired) electrons. The van der Waals surface area contributed by atoms with Crippen LogP contribution in [0.2, 0.25) is 5.02 Å². The fourth-order valence-electron chi connectivity index (χ4n) is 2.53. The first-order valence-electron chi connectivity index (χ1n) is 6.14. The summed E-state index contributed by atoms with van der Waals surface area (Å²) >= 11 is 9.49. The maximum Gasteiger partial charge on any atom is 0.0417 e. The van der Waals surface area contributed by atoms with E-state index in [9.17, 15) is 0 Å². The van der Waals surface area contributed by atoms with E-state index in [-0.39, 0.29) is 0 Å². The van der Waals surface area contributed by atoms with E-state index in [4.69, 9.17) is 11.6 Å². The molecule has 1 fully saturated rings. The van der Waals surface area contributed by atoms with Crippen molar-refractivity contribution in [1.82, 2.24) is 5.32 Å². The van der Waals surface area contributed by atoms with Gasteiger partial charge in [0.2, 0.25) is 0 Å². The van der Waals surface area contributed by atoms with E-state index >= 15 is 0 Å². The molecule has 1 aromatic rings. The van der Waals surface area contributed by atoms with Gasteiger partial charge in [-0.2, -0.15) is 0 Å². The molecule has 0 aliphatic heterocycles. The third-order valence-corrected chi connectivity index (χ3v) is 4.54. The second kappa shape index (κ2) is 5.29. The Balaban J connectivity index is 1.90. The van der Waals surface area contributed by atoms with Gasteiger partial charge >= 0.3 is 0 Å². The highest BCUT2D eigenvalue weighted by molar-refractivity contribution is 9.10. The molecule has 1 atom stereocenters. The van der Waals surface area contributed by atoms with Gasteiger partial charge in [-0.1, -0.05) is 47.4 Å². The van der Waals surface area contributed by atoms with Crippen LogP contribution in [-0.2, 0) is 6.54 Å². The molecule has 1 nitrogen and oxygen atoms in total. The molecule has 1 aliphatic carbocycles. The molecule has 17 heavy (non-hydrogen) atoms. The number of hydrogen-bond donors (Lipinski definition) is 1. The zero-order valence-corrected chi connectivity index (χ0v) is 12.7. The number of halogens is 2. The lowest BCUT2D eigenvalue weighted by Gasteiger charge is -2.18. The van der Waals surface area contributed by atoms with E-state index in [0.717, 1.165) is 16.0 Å². The smallest absolute Gasteiger partial charge is 0.0417 e. The lowest BCUT2D eigenvalue weighted by atomic mass is 9.92. The summed E-state index contributed by atoms with van der Waals surface area (Å²) in [6.07, 6.45) is 3.89. The molecule has 0 amide bonds. The van der Waals surface area contributed by atoms with Gasteiger partial charge in [0, 0.05) is 22.1 Å². The van der Waals surface area contributed by atoms with Crippen molar-refractivity contribution >= 4 is 27.5 Å². The van der Waals surface area contributed by atoms with Gasteiger partial charge in [-0.25, -0.2) is 0 Å².